The van der Waals surface area contributed by atoms with Gasteiger partial charge in [-0.3, -0.25) is 15.0 Å². The van der Waals surface area contributed by atoms with Crippen molar-refractivity contribution in [3.05, 3.63) is 18.2 Å². The van der Waals surface area contributed by atoms with Crippen molar-refractivity contribution in [1.82, 2.24) is 15.5 Å². The lowest BCUT2D eigenvalue weighted by Crippen LogP contribution is -2.44. The zero-order chi connectivity index (χ0) is 19.1. The Labute approximate surface area is 171 Å². The van der Waals surface area contributed by atoms with Gasteiger partial charge in [0.15, 0.2) is 11.5 Å². The van der Waals surface area contributed by atoms with Gasteiger partial charge in [0.05, 0.1) is 6.54 Å². The van der Waals surface area contributed by atoms with Crippen molar-refractivity contribution < 1.29 is 19.1 Å². The standard InChI is InChI=1S/C19H28N4O4.ClH/c1-20-7-4-14-5-8-23(9-6-14)13-18(24)22-19(25)21-15-2-3-16-17(12-15)27-11-10-26-16;/h2-3,12,14,20H,4-11,13H2,1H3,(H2,21,22,24,25);1H. The molecular formula is C19H29ClN4O4. The maximum atomic E-state index is 12.1. The largest absolute Gasteiger partial charge is 0.486 e. The van der Waals surface area contributed by atoms with E-state index in [-0.39, 0.29) is 24.9 Å². The summed E-state index contributed by atoms with van der Waals surface area (Å²) in [7, 11) is 1.97. The molecule has 1 saturated heterocycles. The van der Waals surface area contributed by atoms with Gasteiger partial charge in [0, 0.05) is 11.8 Å². The highest BCUT2D eigenvalue weighted by Crippen LogP contribution is 2.32. The van der Waals surface area contributed by atoms with Gasteiger partial charge in [-0.2, -0.15) is 0 Å². The van der Waals surface area contributed by atoms with Crippen LogP contribution in [0.2, 0.25) is 0 Å². The molecule has 1 aromatic carbocycles. The summed E-state index contributed by atoms with van der Waals surface area (Å²) >= 11 is 0. The number of hydrogen-bond acceptors (Lipinski definition) is 6. The number of imide groups is 1. The second-order valence-electron chi connectivity index (χ2n) is 6.97. The Morgan fingerprint density at radius 3 is 2.57 bits per heavy atom. The summed E-state index contributed by atoms with van der Waals surface area (Å²) in [6.07, 6.45) is 3.37. The molecule has 0 spiro atoms. The van der Waals surface area contributed by atoms with E-state index < -0.39 is 6.03 Å². The first-order valence-electron chi connectivity index (χ1n) is 9.51. The number of halogens is 1. The highest BCUT2D eigenvalue weighted by Gasteiger charge is 2.21. The van der Waals surface area contributed by atoms with Gasteiger partial charge in [-0.05, 0) is 64.0 Å². The van der Waals surface area contributed by atoms with Gasteiger partial charge in [-0.1, -0.05) is 0 Å². The quantitative estimate of drug-likeness (QED) is 0.660. The molecule has 8 nitrogen and oxygen atoms in total. The second-order valence-corrected chi connectivity index (χ2v) is 6.97. The molecule has 3 N–H and O–H groups in total. The van der Waals surface area contributed by atoms with Crippen LogP contribution >= 0.6 is 12.4 Å². The summed E-state index contributed by atoms with van der Waals surface area (Å²) in [4.78, 5) is 26.3. The maximum absolute atomic E-state index is 12.1. The molecule has 3 amide bonds. The third-order valence-corrected chi connectivity index (χ3v) is 4.93. The van der Waals surface area contributed by atoms with Gasteiger partial charge in [0.1, 0.15) is 13.2 Å². The third-order valence-electron chi connectivity index (χ3n) is 4.93. The molecule has 2 aliphatic rings. The van der Waals surface area contributed by atoms with Crippen molar-refractivity contribution in [3.8, 4) is 11.5 Å². The number of rotatable bonds is 6. The molecule has 28 heavy (non-hydrogen) atoms. The van der Waals surface area contributed by atoms with E-state index in [9.17, 15) is 9.59 Å². The molecule has 0 unspecified atom stereocenters. The van der Waals surface area contributed by atoms with Crippen molar-refractivity contribution in [2.75, 3.05) is 51.8 Å². The second kappa shape index (κ2) is 11.1. The summed E-state index contributed by atoms with van der Waals surface area (Å²) in [6.45, 7) is 4.06. The molecule has 1 fully saturated rings. The Morgan fingerprint density at radius 2 is 1.86 bits per heavy atom. The molecule has 0 radical (unpaired) electrons. The molecule has 2 aliphatic heterocycles. The monoisotopic (exact) mass is 412 g/mol. The predicted octanol–water partition coefficient (Wildman–Crippen LogP) is 1.85. The number of anilines is 1. The highest BCUT2D eigenvalue weighted by molar-refractivity contribution is 6.01. The Bertz CT molecular complexity index is 665. The van der Waals surface area contributed by atoms with Crippen molar-refractivity contribution in [3.63, 3.8) is 0 Å². The van der Waals surface area contributed by atoms with Crippen LogP contribution in [0.25, 0.3) is 0 Å². The van der Waals surface area contributed by atoms with Crippen LogP contribution in [0.15, 0.2) is 18.2 Å². The zero-order valence-electron chi connectivity index (χ0n) is 16.2. The van der Waals surface area contributed by atoms with Crippen LogP contribution in [0, 0.1) is 5.92 Å². The average Bonchev–Trinajstić information content (AvgIpc) is 2.67. The van der Waals surface area contributed by atoms with E-state index in [4.69, 9.17) is 9.47 Å². The van der Waals surface area contributed by atoms with Crippen molar-refractivity contribution in [2.24, 2.45) is 5.92 Å². The van der Waals surface area contributed by atoms with Crippen LogP contribution in [0.4, 0.5) is 10.5 Å². The van der Waals surface area contributed by atoms with Crippen LogP contribution in [-0.2, 0) is 4.79 Å². The minimum Gasteiger partial charge on any atom is -0.486 e. The first-order chi connectivity index (χ1) is 13.1. The molecule has 156 valence electrons. The number of amides is 3. The Balaban J connectivity index is 0.00000280. The number of ether oxygens (including phenoxy) is 2. The molecule has 9 heteroatoms. The fourth-order valence-electron chi connectivity index (χ4n) is 3.43. The predicted molar refractivity (Wildman–Crippen MR) is 110 cm³/mol. The minimum atomic E-state index is -0.541. The Hall–Kier alpha value is -2.03. The lowest BCUT2D eigenvalue weighted by Gasteiger charge is -2.31. The fraction of sp³-hybridized carbons (Fsp3) is 0.579. The zero-order valence-corrected chi connectivity index (χ0v) is 17.0. The molecule has 0 atom stereocenters. The van der Waals surface area contributed by atoms with Crippen molar-refractivity contribution >= 4 is 30.0 Å². The lowest BCUT2D eigenvalue weighted by atomic mass is 9.93. The smallest absolute Gasteiger partial charge is 0.325 e. The third kappa shape index (κ3) is 6.54. The van der Waals surface area contributed by atoms with E-state index in [2.05, 4.69) is 20.9 Å². The van der Waals surface area contributed by atoms with Gasteiger partial charge >= 0.3 is 6.03 Å². The van der Waals surface area contributed by atoms with E-state index in [1.807, 2.05) is 7.05 Å². The first kappa shape index (κ1) is 22.3. The van der Waals surface area contributed by atoms with E-state index >= 15 is 0 Å². The van der Waals surface area contributed by atoms with Crippen LogP contribution in [0.3, 0.4) is 0 Å². The number of nitrogens with one attached hydrogen (secondary N) is 3. The molecule has 3 rings (SSSR count). The average molecular weight is 413 g/mol. The van der Waals surface area contributed by atoms with Crippen LogP contribution in [0.5, 0.6) is 11.5 Å². The number of carbonyl (C=O) groups excluding carboxylic acids is 2. The molecule has 0 bridgehead atoms. The minimum absolute atomic E-state index is 0. The summed E-state index contributed by atoms with van der Waals surface area (Å²) in [6, 6.07) is 4.60. The molecule has 1 aromatic rings. The number of benzene rings is 1. The van der Waals surface area contributed by atoms with Crippen molar-refractivity contribution in [1.29, 1.82) is 0 Å². The normalized spacial score (nSPS) is 16.8. The number of piperidine rings is 1. The topological polar surface area (TPSA) is 91.9 Å². The summed E-state index contributed by atoms with van der Waals surface area (Å²) in [5, 5.41) is 8.23. The van der Waals surface area contributed by atoms with Crippen LogP contribution in [-0.4, -0.2) is 63.3 Å². The van der Waals surface area contributed by atoms with E-state index in [0.717, 1.165) is 38.4 Å². The number of hydrogen-bond donors (Lipinski definition) is 3. The van der Waals surface area contributed by atoms with Crippen LogP contribution < -0.4 is 25.4 Å². The highest BCUT2D eigenvalue weighted by atomic mass is 35.5. The molecule has 2 heterocycles. The first-order valence-corrected chi connectivity index (χ1v) is 9.51. The molecule has 0 aliphatic carbocycles. The van der Waals surface area contributed by atoms with Crippen molar-refractivity contribution in [2.45, 2.75) is 19.3 Å². The molecule has 0 saturated carbocycles. The fourth-order valence-corrected chi connectivity index (χ4v) is 3.43. The van der Waals surface area contributed by atoms with Gasteiger partial charge in [-0.15, -0.1) is 12.4 Å². The number of fused-ring (bicyclic) bond motifs is 1. The summed E-state index contributed by atoms with van der Waals surface area (Å²) in [5.74, 6) is 1.67. The number of urea groups is 1. The van der Waals surface area contributed by atoms with Gasteiger partial charge in [-0.25, -0.2) is 4.79 Å². The van der Waals surface area contributed by atoms with E-state index in [0.29, 0.717) is 30.4 Å². The van der Waals surface area contributed by atoms with E-state index in [1.54, 1.807) is 18.2 Å². The Kier molecular flexibility index (Phi) is 8.82. The lowest BCUT2D eigenvalue weighted by molar-refractivity contribution is -0.121. The van der Waals surface area contributed by atoms with E-state index in [1.165, 1.54) is 6.42 Å². The number of carbonyl (C=O) groups is 2. The summed E-state index contributed by atoms with van der Waals surface area (Å²) in [5.41, 5.74) is 0.551. The molecule has 0 aromatic heterocycles. The number of nitrogens with zero attached hydrogens (tertiary/aromatic N) is 1. The number of likely N-dealkylation sites (tertiary alicyclic amines) is 1. The van der Waals surface area contributed by atoms with Gasteiger partial charge < -0.3 is 20.1 Å². The van der Waals surface area contributed by atoms with Crippen LogP contribution in [0.1, 0.15) is 19.3 Å². The molecular weight excluding hydrogens is 384 g/mol. The summed E-state index contributed by atoms with van der Waals surface area (Å²) < 4.78 is 10.9. The van der Waals surface area contributed by atoms with Gasteiger partial charge in [0.2, 0.25) is 5.91 Å². The Morgan fingerprint density at radius 1 is 1.14 bits per heavy atom. The SMILES string of the molecule is CNCCC1CCN(CC(=O)NC(=O)Nc2ccc3c(c2)OCCO3)CC1.Cl. The van der Waals surface area contributed by atoms with Gasteiger partial charge in [0.25, 0.3) is 0 Å². The maximum Gasteiger partial charge on any atom is 0.325 e.